The first-order chi connectivity index (χ1) is 7.91. The van der Waals surface area contributed by atoms with Crippen LogP contribution in [0.25, 0.3) is 11.0 Å². The maximum absolute atomic E-state index is 13.4. The zero-order valence-electron chi connectivity index (χ0n) is 7.91. The largest absolute Gasteiger partial charge is 0.321 e. The van der Waals surface area contributed by atoms with Crippen molar-refractivity contribution in [2.45, 2.75) is 0 Å². The van der Waals surface area contributed by atoms with Crippen molar-refractivity contribution in [2.24, 2.45) is 0 Å². The Morgan fingerprint density at radius 1 is 1.29 bits per heavy atom. The molecule has 0 aliphatic carbocycles. The molecule has 2 aromatic rings. The van der Waals surface area contributed by atoms with Crippen molar-refractivity contribution in [1.29, 1.82) is 0 Å². The molecule has 0 aliphatic rings. The van der Waals surface area contributed by atoms with E-state index in [9.17, 15) is 24.1 Å². The first kappa shape index (κ1) is 11.5. The fourth-order valence-corrected chi connectivity index (χ4v) is 1.99. The van der Waals surface area contributed by atoms with Gasteiger partial charge < -0.3 is 9.97 Å². The summed E-state index contributed by atoms with van der Waals surface area (Å²) in [5, 5.41) is 10.6. The van der Waals surface area contributed by atoms with Crippen LogP contribution in [0, 0.1) is 15.9 Å². The van der Waals surface area contributed by atoms with Crippen LogP contribution in [0.2, 0.25) is 0 Å². The summed E-state index contributed by atoms with van der Waals surface area (Å²) in [6, 6.07) is 0.773. The Labute approximate surface area is 99.6 Å². The summed E-state index contributed by atoms with van der Waals surface area (Å²) in [5.41, 5.74) is -2.82. The highest BCUT2D eigenvalue weighted by Gasteiger charge is 2.22. The summed E-state index contributed by atoms with van der Waals surface area (Å²) >= 11 is 2.82. The third-order valence-electron chi connectivity index (χ3n) is 2.07. The zero-order chi connectivity index (χ0) is 12.7. The van der Waals surface area contributed by atoms with E-state index in [1.807, 2.05) is 0 Å². The number of benzene rings is 1. The van der Waals surface area contributed by atoms with Crippen LogP contribution >= 0.6 is 15.9 Å². The number of hydrogen-bond acceptors (Lipinski definition) is 4. The highest BCUT2D eigenvalue weighted by molar-refractivity contribution is 9.10. The predicted octanol–water partition coefficient (Wildman–Crippen LogP) is 1.03. The maximum atomic E-state index is 13.4. The second-order valence-corrected chi connectivity index (χ2v) is 3.90. The lowest BCUT2D eigenvalue weighted by Crippen LogP contribution is -2.29. The maximum Gasteiger partial charge on any atom is 0.321 e. The molecule has 0 bridgehead atoms. The van der Waals surface area contributed by atoms with Gasteiger partial charge in [-0.1, -0.05) is 0 Å². The normalized spacial score (nSPS) is 10.7. The lowest BCUT2D eigenvalue weighted by Gasteiger charge is -2.02. The lowest BCUT2D eigenvalue weighted by molar-refractivity contribution is -0.388. The number of H-pyrrole nitrogens is 2. The fourth-order valence-electron chi connectivity index (χ4n) is 1.35. The minimum atomic E-state index is -1.11. The van der Waals surface area contributed by atoms with Gasteiger partial charge in [0.15, 0.2) is 0 Å². The summed E-state index contributed by atoms with van der Waals surface area (Å²) in [5.74, 6) is -1.11. The molecule has 0 amide bonds. The quantitative estimate of drug-likeness (QED) is 0.466. The average Bonchev–Trinajstić information content (AvgIpc) is 2.21. The van der Waals surface area contributed by atoms with Gasteiger partial charge in [-0.05, 0) is 15.9 Å². The number of hydrogen-bond donors (Lipinski definition) is 2. The Morgan fingerprint density at radius 2 is 1.88 bits per heavy atom. The summed E-state index contributed by atoms with van der Waals surface area (Å²) < 4.78 is 13.1. The van der Waals surface area contributed by atoms with E-state index < -0.39 is 27.5 Å². The molecule has 7 nitrogen and oxygen atoms in total. The molecule has 1 aromatic heterocycles. The van der Waals surface area contributed by atoms with Gasteiger partial charge in [0.1, 0.15) is 4.47 Å². The van der Waals surface area contributed by atoms with E-state index in [4.69, 9.17) is 0 Å². The lowest BCUT2D eigenvalue weighted by atomic mass is 10.2. The molecule has 0 unspecified atom stereocenters. The number of aromatic amines is 2. The van der Waals surface area contributed by atoms with Crippen molar-refractivity contribution in [3.63, 3.8) is 0 Å². The van der Waals surface area contributed by atoms with Crippen molar-refractivity contribution in [2.75, 3.05) is 0 Å². The molecule has 0 fully saturated rings. The second kappa shape index (κ2) is 3.77. The summed E-state index contributed by atoms with van der Waals surface area (Å²) in [6.45, 7) is 0. The van der Waals surface area contributed by atoms with E-state index in [0.29, 0.717) is 0 Å². The molecule has 0 radical (unpaired) electrons. The van der Waals surface area contributed by atoms with E-state index in [1.54, 1.807) is 0 Å². The van der Waals surface area contributed by atoms with Crippen molar-refractivity contribution < 1.29 is 9.31 Å². The topological polar surface area (TPSA) is 109 Å². The van der Waals surface area contributed by atoms with Gasteiger partial charge in [-0.3, -0.25) is 19.7 Å². The van der Waals surface area contributed by atoms with Crippen molar-refractivity contribution >= 4 is 32.7 Å². The third-order valence-corrected chi connectivity index (χ3v) is 2.84. The van der Waals surface area contributed by atoms with Gasteiger partial charge in [0, 0.05) is 6.07 Å². The molecular weight excluding hydrogens is 301 g/mol. The second-order valence-electron chi connectivity index (χ2n) is 3.11. The number of nitrogens with one attached hydrogen (secondary N) is 2. The van der Waals surface area contributed by atoms with Gasteiger partial charge in [0.05, 0.1) is 16.0 Å². The van der Waals surface area contributed by atoms with E-state index in [2.05, 4.69) is 25.9 Å². The molecule has 0 aliphatic heterocycles. The van der Waals surface area contributed by atoms with Gasteiger partial charge in [-0.2, -0.15) is 4.39 Å². The van der Waals surface area contributed by atoms with Crippen LogP contribution in [-0.4, -0.2) is 14.9 Å². The third kappa shape index (κ3) is 1.73. The fraction of sp³-hybridized carbons (Fsp3) is 0. The number of nitrogens with zero attached hydrogens (tertiary/aromatic N) is 1. The Hall–Kier alpha value is -2.03. The Morgan fingerprint density at radius 3 is 2.47 bits per heavy atom. The molecular formula is C8H3BrFN3O4. The highest BCUT2D eigenvalue weighted by atomic mass is 79.9. The van der Waals surface area contributed by atoms with Gasteiger partial charge in [-0.15, -0.1) is 0 Å². The number of halogens is 2. The monoisotopic (exact) mass is 303 g/mol. The van der Waals surface area contributed by atoms with Crippen LogP contribution in [0.4, 0.5) is 10.1 Å². The van der Waals surface area contributed by atoms with Gasteiger partial charge in [0.2, 0.25) is 5.82 Å². The van der Waals surface area contributed by atoms with Gasteiger partial charge >= 0.3 is 16.8 Å². The van der Waals surface area contributed by atoms with Crippen LogP contribution in [0.3, 0.4) is 0 Å². The van der Waals surface area contributed by atoms with Crippen LogP contribution in [0.15, 0.2) is 20.1 Å². The van der Waals surface area contributed by atoms with Crippen LogP contribution in [0.1, 0.15) is 0 Å². The molecule has 17 heavy (non-hydrogen) atoms. The number of aromatic nitrogens is 2. The molecule has 0 saturated carbocycles. The van der Waals surface area contributed by atoms with Gasteiger partial charge in [-0.25, -0.2) is 0 Å². The highest BCUT2D eigenvalue weighted by Crippen LogP contribution is 2.32. The minimum absolute atomic E-state index is 0.0374. The summed E-state index contributed by atoms with van der Waals surface area (Å²) in [6.07, 6.45) is 0. The average molecular weight is 304 g/mol. The van der Waals surface area contributed by atoms with Crippen molar-refractivity contribution in [3.8, 4) is 0 Å². The molecule has 2 rings (SSSR count). The summed E-state index contributed by atoms with van der Waals surface area (Å²) in [4.78, 5) is 36.0. The molecule has 2 N–H and O–H groups in total. The SMILES string of the molecule is O=c1[nH]c2cc(F)c([N+](=O)[O-])c(Br)c2[nH]c1=O. The van der Waals surface area contributed by atoms with Crippen LogP contribution in [-0.2, 0) is 0 Å². The van der Waals surface area contributed by atoms with E-state index in [1.165, 1.54) is 0 Å². The number of nitro benzene ring substituents is 1. The Bertz CT molecular complexity index is 751. The van der Waals surface area contributed by atoms with Crippen molar-refractivity contribution in [1.82, 2.24) is 9.97 Å². The zero-order valence-corrected chi connectivity index (χ0v) is 9.50. The van der Waals surface area contributed by atoms with E-state index in [0.717, 1.165) is 6.07 Å². The van der Waals surface area contributed by atoms with Crippen LogP contribution in [0.5, 0.6) is 0 Å². The molecule has 1 heterocycles. The Kier molecular flexibility index (Phi) is 2.54. The smallest absolute Gasteiger partial charge is 0.316 e. The molecule has 0 spiro atoms. The number of fused-ring (bicyclic) bond motifs is 1. The molecule has 1 aromatic carbocycles. The minimum Gasteiger partial charge on any atom is -0.316 e. The molecule has 0 saturated heterocycles. The molecule has 88 valence electrons. The summed E-state index contributed by atoms with van der Waals surface area (Å²) in [7, 11) is 0. The standard InChI is InChI=1S/C8H3BrFN3O4/c9-4-5-3(11-7(14)8(15)12-5)1-2(10)6(4)13(16)17/h1H,(H,11,14)(H,12,15). The van der Waals surface area contributed by atoms with E-state index in [-0.39, 0.29) is 15.5 Å². The van der Waals surface area contributed by atoms with Crippen molar-refractivity contribution in [3.05, 3.63) is 47.2 Å². The van der Waals surface area contributed by atoms with E-state index >= 15 is 0 Å². The molecule has 9 heteroatoms. The first-order valence-electron chi connectivity index (χ1n) is 4.20. The predicted molar refractivity (Wildman–Crippen MR) is 59.5 cm³/mol. The molecule has 0 atom stereocenters. The number of nitro groups is 1. The number of rotatable bonds is 1. The Balaban J connectivity index is 3.02. The van der Waals surface area contributed by atoms with Gasteiger partial charge in [0.25, 0.3) is 0 Å². The van der Waals surface area contributed by atoms with Crippen LogP contribution < -0.4 is 11.1 Å². The first-order valence-corrected chi connectivity index (χ1v) is 5.00.